The zero-order valence-corrected chi connectivity index (χ0v) is 15.5. The van der Waals surface area contributed by atoms with Crippen molar-refractivity contribution in [2.24, 2.45) is 0 Å². The van der Waals surface area contributed by atoms with Crippen LogP contribution < -0.4 is 0 Å². The van der Waals surface area contributed by atoms with Gasteiger partial charge in [0, 0.05) is 22.5 Å². The molecule has 0 amide bonds. The van der Waals surface area contributed by atoms with Crippen LogP contribution in [-0.4, -0.2) is 36.2 Å². The number of hydrogen-bond donors (Lipinski definition) is 0. The van der Waals surface area contributed by atoms with E-state index in [0.717, 1.165) is 44.0 Å². The molecule has 7 heteroatoms. The molecule has 1 aliphatic heterocycles. The van der Waals surface area contributed by atoms with E-state index in [1.807, 2.05) is 36.4 Å². The van der Waals surface area contributed by atoms with Crippen LogP contribution in [0.4, 0.5) is 0 Å². The van der Waals surface area contributed by atoms with Gasteiger partial charge in [-0.25, -0.2) is 9.97 Å². The monoisotopic (exact) mass is 377 g/mol. The van der Waals surface area contributed by atoms with Gasteiger partial charge in [-0.05, 0) is 6.07 Å². The Morgan fingerprint density at radius 3 is 2.77 bits per heavy atom. The molecule has 0 aliphatic carbocycles. The van der Waals surface area contributed by atoms with Crippen molar-refractivity contribution in [3.8, 4) is 11.4 Å². The topological polar surface area (TPSA) is 56.5 Å². The van der Waals surface area contributed by atoms with E-state index in [1.165, 1.54) is 0 Å². The highest BCUT2D eigenvalue weighted by Crippen LogP contribution is 2.39. The molecule has 2 aromatic carbocycles. The maximum absolute atomic E-state index is 4.50. The molecule has 0 saturated carbocycles. The summed E-state index contributed by atoms with van der Waals surface area (Å²) in [6.45, 7) is 0. The average Bonchev–Trinajstić information content (AvgIpc) is 3.29. The third kappa shape index (κ3) is 2.77. The summed E-state index contributed by atoms with van der Waals surface area (Å²) >= 11 is 3.55. The Labute approximate surface area is 159 Å². The van der Waals surface area contributed by atoms with Crippen LogP contribution >= 0.6 is 23.5 Å². The lowest BCUT2D eigenvalue weighted by Crippen LogP contribution is -2.11. The van der Waals surface area contributed by atoms with Crippen LogP contribution in [0.3, 0.4) is 0 Å². The third-order valence-corrected chi connectivity index (χ3v) is 6.62. The molecule has 5 rings (SSSR count). The molecular formula is C19H15N5S2. The van der Waals surface area contributed by atoms with Crippen LogP contribution in [0, 0.1) is 0 Å². The maximum atomic E-state index is 4.50. The van der Waals surface area contributed by atoms with Crippen LogP contribution in [0.5, 0.6) is 0 Å². The first kappa shape index (κ1) is 15.8. The summed E-state index contributed by atoms with van der Waals surface area (Å²) in [5, 5.41) is 11.9. The van der Waals surface area contributed by atoms with Gasteiger partial charge in [-0.15, -0.1) is 22.0 Å². The predicted molar refractivity (Wildman–Crippen MR) is 105 cm³/mol. The normalized spacial score (nSPS) is 16.1. The second-order valence-corrected chi connectivity index (χ2v) is 8.01. The minimum Gasteiger partial charge on any atom is -0.297 e. The van der Waals surface area contributed by atoms with E-state index in [-0.39, 0.29) is 0 Å². The smallest absolute Gasteiger partial charge is 0.191 e. The van der Waals surface area contributed by atoms with Crippen LogP contribution in [0.25, 0.3) is 22.3 Å². The molecular weight excluding hydrogens is 362 g/mol. The first-order chi connectivity index (χ1) is 12.9. The lowest BCUT2D eigenvalue weighted by molar-refractivity contribution is 0.597. The predicted octanol–water partition coefficient (Wildman–Crippen LogP) is 4.33. The van der Waals surface area contributed by atoms with Gasteiger partial charge in [-0.3, -0.25) is 4.57 Å². The molecule has 128 valence electrons. The third-order valence-electron chi connectivity index (χ3n) is 4.39. The van der Waals surface area contributed by atoms with Crippen molar-refractivity contribution >= 4 is 34.4 Å². The molecule has 2 aromatic heterocycles. The SMILES string of the molecule is c1ccc(-c2nnc3n2C(CSc2ncnc4ccccc24)CS3)cc1. The van der Waals surface area contributed by atoms with Crippen molar-refractivity contribution < 1.29 is 0 Å². The molecule has 0 spiro atoms. The highest BCUT2D eigenvalue weighted by atomic mass is 32.2. The highest BCUT2D eigenvalue weighted by molar-refractivity contribution is 8.00. The van der Waals surface area contributed by atoms with Crippen molar-refractivity contribution in [2.75, 3.05) is 11.5 Å². The van der Waals surface area contributed by atoms with E-state index in [2.05, 4.69) is 42.9 Å². The van der Waals surface area contributed by atoms with Gasteiger partial charge >= 0.3 is 0 Å². The van der Waals surface area contributed by atoms with Crippen molar-refractivity contribution in [3.05, 3.63) is 60.9 Å². The first-order valence-electron chi connectivity index (χ1n) is 8.36. The first-order valence-corrected chi connectivity index (χ1v) is 10.3. The molecule has 4 aromatic rings. The largest absolute Gasteiger partial charge is 0.297 e. The van der Waals surface area contributed by atoms with Crippen molar-refractivity contribution in [2.45, 2.75) is 16.2 Å². The molecule has 1 aliphatic rings. The van der Waals surface area contributed by atoms with Crippen molar-refractivity contribution in [3.63, 3.8) is 0 Å². The fourth-order valence-corrected chi connectivity index (χ4v) is 5.42. The molecule has 3 heterocycles. The van der Waals surface area contributed by atoms with Gasteiger partial charge in [-0.2, -0.15) is 0 Å². The van der Waals surface area contributed by atoms with Gasteiger partial charge in [-0.1, -0.05) is 60.3 Å². The Morgan fingerprint density at radius 1 is 1.00 bits per heavy atom. The molecule has 0 N–H and O–H groups in total. The maximum Gasteiger partial charge on any atom is 0.191 e. The van der Waals surface area contributed by atoms with Crippen molar-refractivity contribution in [1.82, 2.24) is 24.7 Å². The summed E-state index contributed by atoms with van der Waals surface area (Å²) in [5.74, 6) is 2.89. The molecule has 0 fully saturated rings. The van der Waals surface area contributed by atoms with E-state index in [4.69, 9.17) is 0 Å². The fourth-order valence-electron chi connectivity index (χ4n) is 3.13. The zero-order chi connectivity index (χ0) is 17.3. The summed E-state index contributed by atoms with van der Waals surface area (Å²) in [5.41, 5.74) is 2.09. The van der Waals surface area contributed by atoms with E-state index in [1.54, 1.807) is 29.9 Å². The van der Waals surface area contributed by atoms with Gasteiger partial charge in [0.15, 0.2) is 11.0 Å². The van der Waals surface area contributed by atoms with Gasteiger partial charge in [0.1, 0.15) is 11.4 Å². The lowest BCUT2D eigenvalue weighted by Gasteiger charge is -2.14. The highest BCUT2D eigenvalue weighted by Gasteiger charge is 2.28. The van der Waals surface area contributed by atoms with Crippen LogP contribution in [-0.2, 0) is 0 Å². The summed E-state index contributed by atoms with van der Waals surface area (Å²) in [6, 6.07) is 18.8. The summed E-state index contributed by atoms with van der Waals surface area (Å²) in [6.07, 6.45) is 1.65. The quantitative estimate of drug-likeness (QED) is 0.390. The van der Waals surface area contributed by atoms with Gasteiger partial charge in [0.25, 0.3) is 0 Å². The Hall–Kier alpha value is -2.38. The van der Waals surface area contributed by atoms with E-state index in [0.29, 0.717) is 6.04 Å². The Morgan fingerprint density at radius 2 is 1.85 bits per heavy atom. The van der Waals surface area contributed by atoms with E-state index in [9.17, 15) is 0 Å². The zero-order valence-electron chi connectivity index (χ0n) is 13.8. The molecule has 1 unspecified atom stereocenters. The molecule has 5 nitrogen and oxygen atoms in total. The molecule has 1 atom stereocenters. The number of thioether (sulfide) groups is 2. The molecule has 0 saturated heterocycles. The number of para-hydroxylation sites is 1. The van der Waals surface area contributed by atoms with Gasteiger partial charge in [0.2, 0.25) is 0 Å². The minimum absolute atomic E-state index is 0.346. The minimum atomic E-state index is 0.346. The fraction of sp³-hybridized carbons (Fsp3) is 0.158. The van der Waals surface area contributed by atoms with Gasteiger partial charge < -0.3 is 0 Å². The molecule has 0 radical (unpaired) electrons. The van der Waals surface area contributed by atoms with Crippen molar-refractivity contribution in [1.29, 1.82) is 0 Å². The Kier molecular flexibility index (Phi) is 4.10. The van der Waals surface area contributed by atoms with Crippen LogP contribution in [0.2, 0.25) is 0 Å². The Balaban J connectivity index is 1.43. The number of fused-ring (bicyclic) bond motifs is 2. The van der Waals surface area contributed by atoms with E-state index >= 15 is 0 Å². The van der Waals surface area contributed by atoms with Crippen LogP contribution in [0.1, 0.15) is 6.04 Å². The standard InChI is InChI=1S/C19H15N5S2/c1-2-6-13(7-3-1)17-22-23-19-24(17)14(11-26-19)10-25-18-15-8-4-5-9-16(15)20-12-21-18/h1-9,12,14H,10-11H2. The van der Waals surface area contributed by atoms with Gasteiger partial charge in [0.05, 0.1) is 11.6 Å². The molecule has 26 heavy (non-hydrogen) atoms. The number of aromatic nitrogens is 5. The second kappa shape index (κ2) is 6.74. The van der Waals surface area contributed by atoms with Crippen LogP contribution in [0.15, 0.2) is 71.1 Å². The number of benzene rings is 2. The summed E-state index contributed by atoms with van der Waals surface area (Å²) in [4.78, 5) is 8.85. The number of hydrogen-bond acceptors (Lipinski definition) is 6. The number of nitrogens with zero attached hydrogens (tertiary/aromatic N) is 5. The molecule has 0 bridgehead atoms. The second-order valence-electron chi connectivity index (χ2n) is 6.01. The number of rotatable bonds is 4. The Bertz CT molecular complexity index is 1060. The summed E-state index contributed by atoms with van der Waals surface area (Å²) < 4.78 is 2.27. The summed E-state index contributed by atoms with van der Waals surface area (Å²) in [7, 11) is 0. The lowest BCUT2D eigenvalue weighted by atomic mass is 10.2. The average molecular weight is 377 g/mol. The van der Waals surface area contributed by atoms with E-state index < -0.39 is 0 Å².